The van der Waals surface area contributed by atoms with Crippen LogP contribution >= 0.6 is 11.8 Å². The molecule has 3 heterocycles. The number of thioether (sulfide) groups is 1. The van der Waals surface area contributed by atoms with E-state index in [2.05, 4.69) is 60.7 Å². The van der Waals surface area contributed by atoms with Crippen LogP contribution in [0.2, 0.25) is 0 Å². The van der Waals surface area contributed by atoms with Crippen LogP contribution < -0.4 is 5.32 Å². The number of likely N-dealkylation sites (tertiary alicyclic amines) is 1. The number of piperidine rings is 2. The lowest BCUT2D eigenvalue weighted by molar-refractivity contribution is 0.0979. The third kappa shape index (κ3) is 4.52. The lowest BCUT2D eigenvalue weighted by Gasteiger charge is -2.43. The normalized spacial score (nSPS) is 24.7. The van der Waals surface area contributed by atoms with Gasteiger partial charge in [0.15, 0.2) is 5.82 Å². The van der Waals surface area contributed by atoms with Crippen LogP contribution in [0, 0.1) is 5.82 Å². The highest BCUT2D eigenvalue weighted by atomic mass is 32.2. The van der Waals surface area contributed by atoms with Gasteiger partial charge in [0, 0.05) is 35.6 Å². The number of imidazole rings is 1. The summed E-state index contributed by atoms with van der Waals surface area (Å²) in [7, 11) is 1.98. The monoisotopic (exact) mass is 480 g/mol. The van der Waals surface area contributed by atoms with Crippen molar-refractivity contribution in [2.45, 2.75) is 74.9 Å². The molecule has 6 heteroatoms. The number of aryl methyl sites for hydroxylation is 1. The number of fused-ring (bicyclic) bond motifs is 1. The van der Waals surface area contributed by atoms with Crippen molar-refractivity contribution in [3.8, 4) is 11.4 Å². The highest BCUT2D eigenvalue weighted by Crippen LogP contribution is 2.36. The first-order chi connectivity index (χ1) is 16.5. The fourth-order valence-electron chi connectivity index (χ4n) is 6.09. The van der Waals surface area contributed by atoms with Crippen molar-refractivity contribution in [1.82, 2.24) is 19.8 Å². The number of nitrogens with one attached hydrogen (secondary N) is 1. The molecule has 1 aromatic heterocycles. The maximum atomic E-state index is 15.8. The molecule has 0 amide bonds. The van der Waals surface area contributed by atoms with E-state index in [1.165, 1.54) is 24.2 Å². The first-order valence-electron chi connectivity index (χ1n) is 12.8. The Morgan fingerprint density at radius 1 is 1.09 bits per heavy atom. The van der Waals surface area contributed by atoms with Crippen LogP contribution in [0.4, 0.5) is 4.39 Å². The van der Waals surface area contributed by atoms with Crippen molar-refractivity contribution in [1.29, 1.82) is 0 Å². The minimum absolute atomic E-state index is 0.125. The van der Waals surface area contributed by atoms with Crippen LogP contribution in [0.15, 0.2) is 41.3 Å². The Hall–Kier alpha value is -1.89. The summed E-state index contributed by atoms with van der Waals surface area (Å²) in [6, 6.07) is 14.3. The Morgan fingerprint density at radius 3 is 2.50 bits per heavy atom. The Kier molecular flexibility index (Phi) is 7.01. The predicted molar refractivity (Wildman–Crippen MR) is 141 cm³/mol. The standard InChI is InChI=1S/C28H37FN4S/c1-5-21-17-22(16-18(2)30-21)33-14-12-19(13-15-33)24-10-11-25-27(26(24)29)31-28(32(25)3)20-6-8-23(34-4)9-7-20/h6-11,18-19,21-22,30H,5,12-17H2,1-4H3. The average Bonchev–Trinajstić information content (AvgIpc) is 3.21. The second kappa shape index (κ2) is 10.00. The molecule has 0 aliphatic carbocycles. The molecule has 2 aliphatic heterocycles. The van der Waals surface area contributed by atoms with Gasteiger partial charge in [0.2, 0.25) is 0 Å². The molecule has 2 aliphatic rings. The molecule has 3 atom stereocenters. The largest absolute Gasteiger partial charge is 0.327 e. The minimum Gasteiger partial charge on any atom is -0.327 e. The summed E-state index contributed by atoms with van der Waals surface area (Å²) in [5.41, 5.74) is 3.23. The summed E-state index contributed by atoms with van der Waals surface area (Å²) in [4.78, 5) is 8.66. The molecule has 0 radical (unpaired) electrons. The van der Waals surface area contributed by atoms with Gasteiger partial charge in [-0.15, -0.1) is 11.8 Å². The Balaban J connectivity index is 1.34. The molecular formula is C28H37FN4S. The van der Waals surface area contributed by atoms with Gasteiger partial charge in [0.05, 0.1) is 5.52 Å². The molecule has 4 nitrogen and oxygen atoms in total. The zero-order valence-electron chi connectivity index (χ0n) is 20.9. The second-order valence-electron chi connectivity index (χ2n) is 10.2. The smallest absolute Gasteiger partial charge is 0.154 e. The number of hydrogen-bond donors (Lipinski definition) is 1. The quantitative estimate of drug-likeness (QED) is 0.441. The van der Waals surface area contributed by atoms with E-state index in [1.807, 2.05) is 17.7 Å². The van der Waals surface area contributed by atoms with Crippen molar-refractivity contribution >= 4 is 22.8 Å². The molecule has 182 valence electrons. The van der Waals surface area contributed by atoms with Crippen molar-refractivity contribution in [3.05, 3.63) is 47.8 Å². The van der Waals surface area contributed by atoms with E-state index in [-0.39, 0.29) is 11.7 Å². The first kappa shape index (κ1) is 23.8. The zero-order valence-corrected chi connectivity index (χ0v) is 21.7. The number of benzene rings is 2. The molecule has 34 heavy (non-hydrogen) atoms. The fraction of sp³-hybridized carbons (Fsp3) is 0.536. The zero-order chi connectivity index (χ0) is 23.8. The summed E-state index contributed by atoms with van der Waals surface area (Å²) in [5.74, 6) is 0.965. The van der Waals surface area contributed by atoms with E-state index >= 15 is 4.39 Å². The van der Waals surface area contributed by atoms with Gasteiger partial charge in [-0.25, -0.2) is 9.37 Å². The third-order valence-electron chi connectivity index (χ3n) is 8.05. The van der Waals surface area contributed by atoms with E-state index in [9.17, 15) is 0 Å². The highest BCUT2D eigenvalue weighted by Gasteiger charge is 2.32. The molecule has 2 fully saturated rings. The SMILES string of the molecule is CCC1CC(N2CCC(c3ccc4c(nc(-c5ccc(SC)cc5)n4C)c3F)CC2)CC(C)N1. The molecule has 5 rings (SSSR count). The number of nitrogens with zero attached hydrogens (tertiary/aromatic N) is 3. The molecule has 0 bridgehead atoms. The van der Waals surface area contributed by atoms with Gasteiger partial charge in [0.25, 0.3) is 0 Å². The van der Waals surface area contributed by atoms with Crippen LogP contribution in [-0.4, -0.2) is 51.9 Å². The Bertz CT molecular complexity index is 1130. The van der Waals surface area contributed by atoms with Crippen molar-refractivity contribution in [2.24, 2.45) is 7.05 Å². The van der Waals surface area contributed by atoms with Gasteiger partial charge >= 0.3 is 0 Å². The molecule has 3 aromatic rings. The summed E-state index contributed by atoms with van der Waals surface area (Å²) >= 11 is 1.72. The molecule has 0 spiro atoms. The molecule has 2 aromatic carbocycles. The van der Waals surface area contributed by atoms with Gasteiger partial charge in [-0.1, -0.05) is 25.1 Å². The van der Waals surface area contributed by atoms with Crippen LogP contribution in [0.5, 0.6) is 0 Å². The van der Waals surface area contributed by atoms with Crippen LogP contribution in [0.1, 0.15) is 57.4 Å². The lowest BCUT2D eigenvalue weighted by Crippen LogP contribution is -2.53. The summed E-state index contributed by atoms with van der Waals surface area (Å²) in [6.45, 7) is 6.71. The van der Waals surface area contributed by atoms with E-state index in [0.29, 0.717) is 23.6 Å². The van der Waals surface area contributed by atoms with E-state index in [4.69, 9.17) is 4.98 Å². The summed E-state index contributed by atoms with van der Waals surface area (Å²) < 4.78 is 17.8. The minimum atomic E-state index is -0.125. The van der Waals surface area contributed by atoms with Gasteiger partial charge < -0.3 is 14.8 Å². The van der Waals surface area contributed by atoms with Crippen LogP contribution in [-0.2, 0) is 7.05 Å². The van der Waals surface area contributed by atoms with Gasteiger partial charge in [-0.05, 0) is 88.1 Å². The molecule has 2 saturated heterocycles. The van der Waals surface area contributed by atoms with Gasteiger partial charge in [-0.2, -0.15) is 0 Å². The highest BCUT2D eigenvalue weighted by molar-refractivity contribution is 7.98. The van der Waals surface area contributed by atoms with E-state index < -0.39 is 0 Å². The second-order valence-corrected chi connectivity index (χ2v) is 11.0. The summed E-state index contributed by atoms with van der Waals surface area (Å²) in [5, 5.41) is 3.73. The number of rotatable bonds is 5. The topological polar surface area (TPSA) is 33.1 Å². The average molecular weight is 481 g/mol. The van der Waals surface area contributed by atoms with Crippen LogP contribution in [0.3, 0.4) is 0 Å². The number of halogens is 1. The molecule has 1 N–H and O–H groups in total. The van der Waals surface area contributed by atoms with E-state index in [1.54, 1.807) is 11.8 Å². The third-order valence-corrected chi connectivity index (χ3v) is 8.79. The van der Waals surface area contributed by atoms with Gasteiger partial charge in [0.1, 0.15) is 11.3 Å². The first-order valence-corrected chi connectivity index (χ1v) is 14.0. The van der Waals surface area contributed by atoms with Crippen LogP contribution in [0.25, 0.3) is 22.4 Å². The fourth-order valence-corrected chi connectivity index (χ4v) is 6.49. The molecule has 0 saturated carbocycles. The lowest BCUT2D eigenvalue weighted by atomic mass is 9.85. The number of hydrogen-bond acceptors (Lipinski definition) is 4. The molecular weight excluding hydrogens is 443 g/mol. The Labute approximate surface area is 207 Å². The van der Waals surface area contributed by atoms with Gasteiger partial charge in [-0.3, -0.25) is 0 Å². The van der Waals surface area contributed by atoms with Crippen molar-refractivity contribution in [2.75, 3.05) is 19.3 Å². The number of aromatic nitrogens is 2. The molecule has 3 unspecified atom stereocenters. The summed E-state index contributed by atoms with van der Waals surface area (Å²) in [6.07, 6.45) is 7.76. The predicted octanol–water partition coefficient (Wildman–Crippen LogP) is 6.20. The Morgan fingerprint density at radius 2 is 1.82 bits per heavy atom. The van der Waals surface area contributed by atoms with E-state index in [0.717, 1.165) is 48.4 Å². The maximum absolute atomic E-state index is 15.8. The maximum Gasteiger partial charge on any atom is 0.154 e. The van der Waals surface area contributed by atoms with Crippen molar-refractivity contribution in [3.63, 3.8) is 0 Å². The van der Waals surface area contributed by atoms with Crippen molar-refractivity contribution < 1.29 is 4.39 Å².